The maximum Gasteiger partial charge on any atom is 0.193 e. The number of hydrogen-bond donors (Lipinski definition) is 2. The Balaban J connectivity index is 0.00000441. The van der Waals surface area contributed by atoms with Crippen LogP contribution in [0, 0.1) is 0 Å². The van der Waals surface area contributed by atoms with Crippen molar-refractivity contribution >= 4 is 39.8 Å². The zero-order chi connectivity index (χ0) is 16.1. The van der Waals surface area contributed by atoms with Crippen molar-refractivity contribution in [3.05, 3.63) is 0 Å². The number of hydrogen-bond acceptors (Lipinski definition) is 4. The van der Waals surface area contributed by atoms with Gasteiger partial charge in [0.1, 0.15) is 0 Å². The molecule has 1 aliphatic rings. The molecule has 0 atom stereocenters. The summed E-state index contributed by atoms with van der Waals surface area (Å²) in [6.07, 6.45) is 1.22. The molecule has 0 saturated carbocycles. The molecule has 0 amide bonds. The molecule has 1 fully saturated rings. The third-order valence-electron chi connectivity index (χ3n) is 3.65. The van der Waals surface area contributed by atoms with Gasteiger partial charge < -0.3 is 15.3 Å². The van der Waals surface area contributed by atoms with E-state index in [9.17, 15) is 13.5 Å². The Morgan fingerprint density at radius 2 is 1.86 bits per heavy atom. The van der Waals surface area contributed by atoms with Crippen molar-refractivity contribution in [3.63, 3.8) is 0 Å². The van der Waals surface area contributed by atoms with E-state index in [0.717, 1.165) is 38.4 Å². The molecule has 2 N–H and O–H groups in total. The highest BCUT2D eigenvalue weighted by atomic mass is 127. The Hall–Kier alpha value is -0.0900. The lowest BCUT2D eigenvalue weighted by Gasteiger charge is -2.32. The maximum absolute atomic E-state index is 12.1. The molecule has 0 radical (unpaired) electrons. The van der Waals surface area contributed by atoms with Gasteiger partial charge in [-0.15, -0.1) is 24.0 Å². The van der Waals surface area contributed by atoms with Gasteiger partial charge in [0, 0.05) is 19.6 Å². The summed E-state index contributed by atoms with van der Waals surface area (Å²) in [6, 6.07) is 0. The SMILES string of the molecule is CCNC(=NCCS(=O)(=O)C(C)(C)C)N1CCC(O)CC1.I. The van der Waals surface area contributed by atoms with Crippen LogP contribution in [0.4, 0.5) is 0 Å². The van der Waals surface area contributed by atoms with Gasteiger partial charge in [0.25, 0.3) is 0 Å². The van der Waals surface area contributed by atoms with Gasteiger partial charge in [-0.2, -0.15) is 0 Å². The molecule has 0 unspecified atom stereocenters. The summed E-state index contributed by atoms with van der Waals surface area (Å²) in [7, 11) is -3.14. The van der Waals surface area contributed by atoms with Crippen LogP contribution in [-0.4, -0.2) is 67.2 Å². The Bertz CT molecular complexity index is 452. The molecule has 1 aliphatic heterocycles. The lowest BCUT2D eigenvalue weighted by Crippen LogP contribution is -2.46. The minimum Gasteiger partial charge on any atom is -0.393 e. The Morgan fingerprint density at radius 3 is 2.32 bits per heavy atom. The van der Waals surface area contributed by atoms with Crippen LogP contribution < -0.4 is 5.32 Å². The second-order valence-corrected chi connectivity index (χ2v) is 9.25. The van der Waals surface area contributed by atoms with E-state index < -0.39 is 14.6 Å². The van der Waals surface area contributed by atoms with Crippen LogP contribution in [0.3, 0.4) is 0 Å². The number of halogens is 1. The highest BCUT2D eigenvalue weighted by molar-refractivity contribution is 14.0. The molecule has 1 saturated heterocycles. The predicted molar refractivity (Wildman–Crippen MR) is 102 cm³/mol. The van der Waals surface area contributed by atoms with Crippen LogP contribution >= 0.6 is 24.0 Å². The first-order valence-corrected chi connectivity index (χ1v) is 9.26. The standard InChI is InChI=1S/C14H29N3O3S.HI/c1-5-15-13(17-9-6-12(18)7-10-17)16-8-11-21(19,20)14(2,3)4;/h12,18H,5-11H2,1-4H3,(H,15,16);1H. The fraction of sp³-hybridized carbons (Fsp3) is 0.929. The molecular weight excluding hydrogens is 417 g/mol. The third-order valence-corrected chi connectivity index (χ3v) is 6.24. The number of nitrogens with one attached hydrogen (secondary N) is 1. The van der Waals surface area contributed by atoms with Crippen molar-refractivity contribution in [1.29, 1.82) is 0 Å². The summed E-state index contributed by atoms with van der Waals surface area (Å²) in [5.74, 6) is 0.801. The van der Waals surface area contributed by atoms with Crippen LogP contribution in [0.2, 0.25) is 0 Å². The molecule has 1 rings (SSSR count). The normalized spacial score (nSPS) is 18.0. The Morgan fingerprint density at radius 1 is 1.32 bits per heavy atom. The lowest BCUT2D eigenvalue weighted by atomic mass is 10.1. The van der Waals surface area contributed by atoms with Crippen molar-refractivity contribution in [2.45, 2.75) is 51.4 Å². The topological polar surface area (TPSA) is 82.0 Å². The predicted octanol–water partition coefficient (Wildman–Crippen LogP) is 1.24. The summed E-state index contributed by atoms with van der Waals surface area (Å²) >= 11 is 0. The molecule has 0 spiro atoms. The third kappa shape index (κ3) is 6.57. The maximum atomic E-state index is 12.1. The summed E-state index contributed by atoms with van der Waals surface area (Å²) in [5.41, 5.74) is 0. The van der Waals surface area contributed by atoms with Gasteiger partial charge in [-0.05, 0) is 40.5 Å². The van der Waals surface area contributed by atoms with Crippen LogP contribution in [-0.2, 0) is 9.84 Å². The van der Waals surface area contributed by atoms with Crippen LogP contribution in [0.5, 0.6) is 0 Å². The van der Waals surface area contributed by atoms with Crippen molar-refractivity contribution in [2.75, 3.05) is 31.9 Å². The summed E-state index contributed by atoms with van der Waals surface area (Å²) in [5, 5.41) is 12.7. The molecule has 132 valence electrons. The molecule has 0 bridgehead atoms. The second-order valence-electron chi connectivity index (χ2n) is 6.39. The monoisotopic (exact) mass is 447 g/mol. The van der Waals surface area contributed by atoms with Gasteiger partial charge in [-0.3, -0.25) is 4.99 Å². The number of aliphatic hydroxyl groups is 1. The number of piperidine rings is 1. The zero-order valence-electron chi connectivity index (χ0n) is 14.0. The number of sulfone groups is 1. The van der Waals surface area contributed by atoms with Crippen molar-refractivity contribution in [2.24, 2.45) is 4.99 Å². The number of nitrogens with zero attached hydrogens (tertiary/aromatic N) is 2. The number of aliphatic imine (C=N–C) groups is 1. The van der Waals surface area contributed by atoms with E-state index in [4.69, 9.17) is 0 Å². The van der Waals surface area contributed by atoms with Crippen LogP contribution in [0.15, 0.2) is 4.99 Å². The lowest BCUT2D eigenvalue weighted by molar-refractivity contribution is 0.108. The van der Waals surface area contributed by atoms with Crippen LogP contribution in [0.25, 0.3) is 0 Å². The average molecular weight is 447 g/mol. The molecule has 0 aliphatic carbocycles. The highest BCUT2D eigenvalue weighted by Crippen LogP contribution is 2.16. The molecule has 0 aromatic carbocycles. The number of aliphatic hydroxyl groups excluding tert-OH is 1. The van der Waals surface area contributed by atoms with Crippen molar-refractivity contribution in [3.8, 4) is 0 Å². The van der Waals surface area contributed by atoms with Crippen LogP contribution in [0.1, 0.15) is 40.5 Å². The van der Waals surface area contributed by atoms with Crippen molar-refractivity contribution < 1.29 is 13.5 Å². The van der Waals surface area contributed by atoms with Gasteiger partial charge in [0.2, 0.25) is 0 Å². The van der Waals surface area contributed by atoms with E-state index in [1.165, 1.54) is 0 Å². The first kappa shape index (κ1) is 21.9. The average Bonchev–Trinajstić information content (AvgIpc) is 2.37. The first-order valence-electron chi connectivity index (χ1n) is 7.61. The van der Waals surface area contributed by atoms with E-state index in [1.54, 1.807) is 20.8 Å². The second kappa shape index (κ2) is 9.27. The molecule has 0 aromatic heterocycles. The fourth-order valence-corrected chi connectivity index (χ4v) is 3.03. The quantitative estimate of drug-likeness (QED) is 0.385. The van der Waals surface area contributed by atoms with Gasteiger partial charge in [-0.1, -0.05) is 0 Å². The molecule has 8 heteroatoms. The van der Waals surface area contributed by atoms with E-state index >= 15 is 0 Å². The largest absolute Gasteiger partial charge is 0.393 e. The molecule has 0 aromatic rings. The first-order chi connectivity index (χ1) is 9.67. The summed E-state index contributed by atoms with van der Waals surface area (Å²) < 4.78 is 23.4. The summed E-state index contributed by atoms with van der Waals surface area (Å²) in [6.45, 7) is 9.62. The summed E-state index contributed by atoms with van der Waals surface area (Å²) in [4.78, 5) is 6.51. The van der Waals surface area contributed by atoms with Gasteiger partial charge >= 0.3 is 0 Å². The number of rotatable bonds is 4. The van der Waals surface area contributed by atoms with E-state index in [2.05, 4.69) is 15.2 Å². The minimum absolute atomic E-state index is 0. The van der Waals surface area contributed by atoms with Gasteiger partial charge in [0.05, 0.1) is 23.1 Å². The number of likely N-dealkylation sites (tertiary alicyclic amines) is 1. The molecular formula is C14H30IN3O3S. The fourth-order valence-electron chi connectivity index (χ4n) is 2.08. The van der Waals surface area contributed by atoms with Crippen molar-refractivity contribution in [1.82, 2.24) is 10.2 Å². The minimum atomic E-state index is -3.14. The van der Waals surface area contributed by atoms with Gasteiger partial charge in [-0.25, -0.2) is 8.42 Å². The number of guanidine groups is 1. The molecule has 1 heterocycles. The smallest absolute Gasteiger partial charge is 0.193 e. The van der Waals surface area contributed by atoms with E-state index in [1.807, 2.05) is 6.92 Å². The molecule has 22 heavy (non-hydrogen) atoms. The van der Waals surface area contributed by atoms with E-state index in [-0.39, 0.29) is 42.4 Å². The molecule has 6 nitrogen and oxygen atoms in total. The highest BCUT2D eigenvalue weighted by Gasteiger charge is 2.28. The zero-order valence-corrected chi connectivity index (χ0v) is 17.1. The van der Waals surface area contributed by atoms with E-state index in [0.29, 0.717) is 0 Å². The Labute approximate surface area is 151 Å². The van der Waals surface area contributed by atoms with Gasteiger partial charge in [0.15, 0.2) is 15.8 Å². The Kier molecular flexibility index (Phi) is 9.23.